The van der Waals surface area contributed by atoms with Gasteiger partial charge in [-0.05, 0) is 54.6 Å². The van der Waals surface area contributed by atoms with E-state index in [1.165, 1.54) is 0 Å². The average Bonchev–Trinajstić information content (AvgIpc) is 3.05. The monoisotopic (exact) mass is 558 g/mol. The number of benzene rings is 1. The first-order chi connectivity index (χ1) is 20.7. The van der Waals surface area contributed by atoms with Crippen LogP contribution in [0.2, 0.25) is 0 Å². The van der Waals surface area contributed by atoms with E-state index in [1.54, 1.807) is 0 Å². The standard InChI is InChI=1S/C35H38N6O/c42-35-29(28-40(24-16-30-11-1-5-20-36-30)25-17-31-12-2-6-21-37-31)10-9-15-34(35)41(26-18-32-13-3-7-22-38-32)27-19-33-14-4-8-23-39-33/h1-15,20-23,42H,16-19,24-28H2. The molecular weight excluding hydrogens is 520 g/mol. The number of phenols is 1. The summed E-state index contributed by atoms with van der Waals surface area (Å²) in [5.41, 5.74) is 5.95. The van der Waals surface area contributed by atoms with Crippen molar-refractivity contribution >= 4 is 5.69 Å². The third kappa shape index (κ3) is 8.69. The van der Waals surface area contributed by atoms with Crippen LogP contribution in [0.25, 0.3) is 0 Å². The van der Waals surface area contributed by atoms with Crippen LogP contribution in [0.3, 0.4) is 0 Å². The van der Waals surface area contributed by atoms with E-state index < -0.39 is 0 Å². The predicted molar refractivity (Wildman–Crippen MR) is 167 cm³/mol. The Kier molecular flexibility index (Phi) is 10.6. The Morgan fingerprint density at radius 3 is 1.31 bits per heavy atom. The van der Waals surface area contributed by atoms with E-state index >= 15 is 0 Å². The topological polar surface area (TPSA) is 78.3 Å². The molecule has 0 fully saturated rings. The summed E-state index contributed by atoms with van der Waals surface area (Å²) in [6.07, 6.45) is 10.6. The predicted octanol–water partition coefficient (Wildman–Crippen LogP) is 5.55. The number of anilines is 1. The Hall–Kier alpha value is -4.62. The molecule has 4 aromatic heterocycles. The molecule has 42 heavy (non-hydrogen) atoms. The first-order valence-corrected chi connectivity index (χ1v) is 14.6. The van der Waals surface area contributed by atoms with Crippen LogP contribution in [0.4, 0.5) is 5.69 Å². The molecule has 5 rings (SSSR count). The van der Waals surface area contributed by atoms with Gasteiger partial charge in [-0.25, -0.2) is 0 Å². The van der Waals surface area contributed by atoms with Gasteiger partial charge in [0.25, 0.3) is 0 Å². The lowest BCUT2D eigenvalue weighted by Gasteiger charge is -2.28. The van der Waals surface area contributed by atoms with Gasteiger partial charge >= 0.3 is 0 Å². The van der Waals surface area contributed by atoms with E-state index in [-0.39, 0.29) is 0 Å². The number of hydrogen-bond acceptors (Lipinski definition) is 7. The summed E-state index contributed by atoms with van der Waals surface area (Å²) < 4.78 is 0. The van der Waals surface area contributed by atoms with E-state index in [0.717, 1.165) is 85.9 Å². The molecule has 0 saturated heterocycles. The largest absolute Gasteiger partial charge is 0.505 e. The maximum Gasteiger partial charge on any atom is 0.143 e. The molecule has 0 atom stereocenters. The fourth-order valence-corrected chi connectivity index (χ4v) is 5.05. The molecule has 0 amide bonds. The smallest absolute Gasteiger partial charge is 0.143 e. The third-order valence-corrected chi connectivity index (χ3v) is 7.38. The number of aromatic hydroxyl groups is 1. The Bertz CT molecular complexity index is 1380. The molecule has 0 saturated carbocycles. The molecule has 0 spiro atoms. The van der Waals surface area contributed by atoms with E-state index in [9.17, 15) is 5.11 Å². The van der Waals surface area contributed by atoms with Crippen LogP contribution < -0.4 is 4.90 Å². The maximum absolute atomic E-state index is 11.6. The maximum atomic E-state index is 11.6. The highest BCUT2D eigenvalue weighted by molar-refractivity contribution is 5.61. The molecule has 0 aliphatic carbocycles. The molecule has 0 aliphatic heterocycles. The molecule has 7 heteroatoms. The Morgan fingerprint density at radius 1 is 0.476 bits per heavy atom. The van der Waals surface area contributed by atoms with Gasteiger partial charge in [-0.2, -0.15) is 0 Å². The fourth-order valence-electron chi connectivity index (χ4n) is 5.05. The summed E-state index contributed by atoms with van der Waals surface area (Å²) in [6.45, 7) is 3.77. The van der Waals surface area contributed by atoms with Crippen molar-refractivity contribution in [2.24, 2.45) is 0 Å². The molecule has 5 aromatic rings. The molecule has 0 bridgehead atoms. The number of rotatable bonds is 15. The summed E-state index contributed by atoms with van der Waals surface area (Å²) in [5.74, 6) is 0.334. The summed E-state index contributed by atoms with van der Waals surface area (Å²) in [4.78, 5) is 22.7. The van der Waals surface area contributed by atoms with E-state index in [1.807, 2.05) is 97.6 Å². The van der Waals surface area contributed by atoms with Crippen LogP contribution in [-0.2, 0) is 32.2 Å². The molecule has 1 aromatic carbocycles. The number of aromatic nitrogens is 4. The molecule has 0 aliphatic rings. The van der Waals surface area contributed by atoms with Crippen molar-refractivity contribution in [1.82, 2.24) is 24.8 Å². The van der Waals surface area contributed by atoms with Gasteiger partial charge in [0.1, 0.15) is 5.75 Å². The van der Waals surface area contributed by atoms with Crippen LogP contribution in [0.15, 0.2) is 116 Å². The van der Waals surface area contributed by atoms with Crippen molar-refractivity contribution in [2.45, 2.75) is 32.2 Å². The van der Waals surface area contributed by atoms with Gasteiger partial charge in [0.05, 0.1) is 5.69 Å². The summed E-state index contributed by atoms with van der Waals surface area (Å²) in [7, 11) is 0. The van der Waals surface area contributed by atoms with Crippen LogP contribution in [0.5, 0.6) is 5.75 Å². The first kappa shape index (κ1) is 28.9. The molecule has 214 valence electrons. The van der Waals surface area contributed by atoms with Crippen molar-refractivity contribution in [3.8, 4) is 5.75 Å². The van der Waals surface area contributed by atoms with Crippen LogP contribution in [-0.4, -0.2) is 56.1 Å². The van der Waals surface area contributed by atoms with E-state index in [2.05, 4.69) is 47.9 Å². The molecular formula is C35H38N6O. The lowest BCUT2D eigenvalue weighted by Crippen LogP contribution is -2.30. The van der Waals surface area contributed by atoms with E-state index in [0.29, 0.717) is 12.3 Å². The van der Waals surface area contributed by atoms with Crippen molar-refractivity contribution in [3.63, 3.8) is 0 Å². The SMILES string of the molecule is Oc1c(CN(CCc2ccccn2)CCc2ccccn2)cccc1N(CCc1ccccn1)CCc1ccccn1. The summed E-state index contributed by atoms with van der Waals surface area (Å²) in [5, 5.41) is 11.6. The van der Waals surface area contributed by atoms with Gasteiger partial charge in [-0.1, -0.05) is 36.4 Å². The fraction of sp³-hybridized carbons (Fsp3) is 0.257. The van der Waals surface area contributed by atoms with E-state index in [4.69, 9.17) is 0 Å². The molecule has 0 radical (unpaired) electrons. The third-order valence-electron chi connectivity index (χ3n) is 7.38. The molecule has 1 N–H and O–H groups in total. The lowest BCUT2D eigenvalue weighted by molar-refractivity contribution is 0.266. The highest BCUT2D eigenvalue weighted by Crippen LogP contribution is 2.32. The van der Waals surface area contributed by atoms with Gasteiger partial charge < -0.3 is 10.0 Å². The van der Waals surface area contributed by atoms with Crippen molar-refractivity contribution in [1.29, 1.82) is 0 Å². The van der Waals surface area contributed by atoms with Crippen LogP contribution in [0, 0.1) is 0 Å². The number of nitrogens with zero attached hydrogens (tertiary/aromatic N) is 6. The highest BCUT2D eigenvalue weighted by Gasteiger charge is 2.17. The minimum Gasteiger partial charge on any atom is -0.505 e. The second-order valence-corrected chi connectivity index (χ2v) is 10.3. The van der Waals surface area contributed by atoms with Crippen molar-refractivity contribution in [2.75, 3.05) is 31.1 Å². The molecule has 4 heterocycles. The van der Waals surface area contributed by atoms with Crippen molar-refractivity contribution in [3.05, 3.63) is 144 Å². The second-order valence-electron chi connectivity index (χ2n) is 10.3. The zero-order valence-corrected chi connectivity index (χ0v) is 24.0. The quantitative estimate of drug-likeness (QED) is 0.180. The van der Waals surface area contributed by atoms with Crippen LogP contribution in [0.1, 0.15) is 28.3 Å². The first-order valence-electron chi connectivity index (χ1n) is 14.6. The Labute approximate surface area is 248 Å². The number of hydrogen-bond donors (Lipinski definition) is 1. The Balaban J connectivity index is 1.34. The van der Waals surface area contributed by atoms with Crippen molar-refractivity contribution < 1.29 is 5.11 Å². The zero-order chi connectivity index (χ0) is 28.8. The molecule has 7 nitrogen and oxygen atoms in total. The van der Waals surface area contributed by atoms with Gasteiger partial charge in [-0.3, -0.25) is 24.8 Å². The second kappa shape index (κ2) is 15.4. The summed E-state index contributed by atoms with van der Waals surface area (Å²) >= 11 is 0. The average molecular weight is 559 g/mol. The Morgan fingerprint density at radius 2 is 0.905 bits per heavy atom. The number of phenolic OH excluding ortho intramolecular Hbond substituents is 1. The normalized spacial score (nSPS) is 11.1. The minimum absolute atomic E-state index is 0.334. The van der Waals surface area contributed by atoms with Gasteiger partial charge in [0.2, 0.25) is 0 Å². The highest BCUT2D eigenvalue weighted by atomic mass is 16.3. The minimum atomic E-state index is 0.334. The van der Waals surface area contributed by atoms with Crippen LogP contribution >= 0.6 is 0 Å². The summed E-state index contributed by atoms with van der Waals surface area (Å²) in [6, 6.07) is 30.2. The molecule has 0 unspecified atom stereocenters. The van der Waals surface area contributed by atoms with Gasteiger partial charge in [0, 0.05) is 112 Å². The zero-order valence-electron chi connectivity index (χ0n) is 24.0. The lowest BCUT2D eigenvalue weighted by atomic mass is 10.1. The number of para-hydroxylation sites is 1. The van der Waals surface area contributed by atoms with Gasteiger partial charge in [-0.15, -0.1) is 0 Å². The van der Waals surface area contributed by atoms with Gasteiger partial charge in [0.15, 0.2) is 0 Å². The number of pyridine rings is 4.